The molecule has 2 aromatic rings. The zero-order valence-electron chi connectivity index (χ0n) is 9.49. The molecule has 0 amide bonds. The van der Waals surface area contributed by atoms with Crippen molar-refractivity contribution in [2.75, 3.05) is 6.26 Å². The topological polar surface area (TPSA) is 58.4 Å². The van der Waals surface area contributed by atoms with Crippen molar-refractivity contribution in [3.05, 3.63) is 28.8 Å². The number of allylic oxidation sites excluding steroid dienone is 1. The smallest absolute Gasteiger partial charge is 0.230 e. The molecule has 1 N–H and O–H groups in total. The second-order valence-corrected chi connectivity index (χ2v) is 5.69. The van der Waals surface area contributed by atoms with Gasteiger partial charge in [0, 0.05) is 23.5 Å². The normalized spacial score (nSPS) is 15.3. The molecule has 90 valence electrons. The molecular formula is C12H9N3OS2. The lowest BCUT2D eigenvalue weighted by Gasteiger charge is -1.96. The summed E-state index contributed by atoms with van der Waals surface area (Å²) in [5.74, 6) is 0.792. The number of hydrogen-bond donors (Lipinski definition) is 1. The van der Waals surface area contributed by atoms with E-state index in [0.29, 0.717) is 0 Å². The first kappa shape index (κ1) is 11.4. The van der Waals surface area contributed by atoms with Crippen molar-refractivity contribution in [3.8, 4) is 5.88 Å². The van der Waals surface area contributed by atoms with Gasteiger partial charge in [0.25, 0.3) is 0 Å². The van der Waals surface area contributed by atoms with Gasteiger partial charge in [0.1, 0.15) is 0 Å². The third-order valence-corrected chi connectivity index (χ3v) is 4.48. The van der Waals surface area contributed by atoms with E-state index in [4.69, 9.17) is 0 Å². The number of aromatic hydroxyl groups is 1. The highest BCUT2D eigenvalue weighted by Crippen LogP contribution is 2.35. The molecule has 18 heavy (non-hydrogen) atoms. The summed E-state index contributed by atoms with van der Waals surface area (Å²) in [4.78, 5) is 13.2. The average molecular weight is 275 g/mol. The molecular weight excluding hydrogens is 266 g/mol. The first-order chi connectivity index (χ1) is 8.78. The van der Waals surface area contributed by atoms with Gasteiger partial charge < -0.3 is 5.11 Å². The summed E-state index contributed by atoms with van der Waals surface area (Å²) in [6.45, 7) is 0. The Labute approximate surface area is 112 Å². The monoisotopic (exact) mass is 275 g/mol. The molecule has 0 bridgehead atoms. The maximum absolute atomic E-state index is 9.75. The van der Waals surface area contributed by atoms with E-state index in [-0.39, 0.29) is 5.88 Å². The van der Waals surface area contributed by atoms with Gasteiger partial charge in [0.2, 0.25) is 5.88 Å². The van der Waals surface area contributed by atoms with Crippen LogP contribution in [0.4, 0.5) is 5.82 Å². The number of aliphatic imine (C=N–C) groups is 1. The number of fused-ring (bicyclic) bond motifs is 1. The number of thioether (sulfide) groups is 1. The minimum Gasteiger partial charge on any atom is -0.492 e. The third-order valence-electron chi connectivity index (χ3n) is 2.50. The fourth-order valence-electron chi connectivity index (χ4n) is 1.67. The molecule has 0 aliphatic carbocycles. The van der Waals surface area contributed by atoms with Crippen LogP contribution in [-0.4, -0.2) is 27.5 Å². The Hall–Kier alpha value is -1.66. The number of thiazole rings is 1. The number of pyridine rings is 1. The van der Waals surface area contributed by atoms with Crippen LogP contribution in [0.1, 0.15) is 10.4 Å². The second-order valence-electron chi connectivity index (χ2n) is 3.60. The van der Waals surface area contributed by atoms with Crippen molar-refractivity contribution in [2.24, 2.45) is 4.99 Å². The van der Waals surface area contributed by atoms with Gasteiger partial charge in [-0.1, -0.05) is 11.8 Å². The minimum atomic E-state index is 0.0718. The average Bonchev–Trinajstić information content (AvgIpc) is 2.95. The molecule has 0 spiro atoms. The highest BCUT2D eigenvalue weighted by molar-refractivity contribution is 8.00. The summed E-state index contributed by atoms with van der Waals surface area (Å²) < 4.78 is 0.848. The van der Waals surface area contributed by atoms with Gasteiger partial charge in [-0.2, -0.15) is 4.98 Å². The zero-order valence-corrected chi connectivity index (χ0v) is 11.1. The number of nitrogens with zero attached hydrogens (tertiary/aromatic N) is 3. The third kappa shape index (κ3) is 1.93. The van der Waals surface area contributed by atoms with Gasteiger partial charge in [-0.3, -0.25) is 0 Å². The van der Waals surface area contributed by atoms with Gasteiger partial charge in [-0.25, -0.2) is 9.98 Å². The van der Waals surface area contributed by atoms with Crippen molar-refractivity contribution < 1.29 is 5.11 Å². The van der Waals surface area contributed by atoms with E-state index in [1.165, 1.54) is 23.1 Å². The molecule has 3 rings (SSSR count). The molecule has 2 aromatic heterocycles. The first-order valence-corrected chi connectivity index (χ1v) is 7.27. The Morgan fingerprint density at radius 2 is 2.33 bits per heavy atom. The van der Waals surface area contributed by atoms with Crippen LogP contribution in [-0.2, 0) is 0 Å². The van der Waals surface area contributed by atoms with Gasteiger partial charge in [0.05, 0.1) is 4.88 Å². The Morgan fingerprint density at radius 3 is 3.11 bits per heavy atom. The molecule has 0 aromatic carbocycles. The highest BCUT2D eigenvalue weighted by Gasteiger charge is 2.14. The van der Waals surface area contributed by atoms with Crippen LogP contribution in [0.15, 0.2) is 27.7 Å². The van der Waals surface area contributed by atoms with Crippen LogP contribution in [0.5, 0.6) is 5.88 Å². The van der Waals surface area contributed by atoms with E-state index in [9.17, 15) is 5.11 Å². The fourth-order valence-corrected chi connectivity index (χ4v) is 3.09. The van der Waals surface area contributed by atoms with E-state index in [0.717, 1.165) is 26.2 Å². The summed E-state index contributed by atoms with van der Waals surface area (Å²) in [5.41, 5.74) is 1.93. The quantitative estimate of drug-likeness (QED) is 0.855. The summed E-state index contributed by atoms with van der Waals surface area (Å²) in [6.07, 6.45) is 7.31. The van der Waals surface area contributed by atoms with Crippen molar-refractivity contribution in [2.45, 2.75) is 4.34 Å². The van der Waals surface area contributed by atoms with Crippen LogP contribution < -0.4 is 0 Å². The summed E-state index contributed by atoms with van der Waals surface area (Å²) in [5, 5.41) is 9.75. The SMILES string of the molecule is CSc1nc(O)c(/C=C2/C=Nc3ncccc32)s1. The largest absolute Gasteiger partial charge is 0.492 e. The summed E-state index contributed by atoms with van der Waals surface area (Å²) in [7, 11) is 0. The Bertz CT molecular complexity index is 661. The summed E-state index contributed by atoms with van der Waals surface area (Å²) in [6, 6.07) is 3.84. The number of hydrogen-bond acceptors (Lipinski definition) is 6. The molecule has 1 aliphatic heterocycles. The van der Waals surface area contributed by atoms with Crippen molar-refractivity contribution in [1.29, 1.82) is 0 Å². The van der Waals surface area contributed by atoms with Crippen molar-refractivity contribution in [3.63, 3.8) is 0 Å². The zero-order chi connectivity index (χ0) is 12.5. The van der Waals surface area contributed by atoms with Crippen LogP contribution >= 0.6 is 23.1 Å². The Kier molecular flexibility index (Phi) is 2.89. The molecule has 0 saturated carbocycles. The van der Waals surface area contributed by atoms with Crippen molar-refractivity contribution >= 4 is 46.8 Å². The van der Waals surface area contributed by atoms with Gasteiger partial charge in [-0.15, -0.1) is 11.3 Å². The Morgan fingerprint density at radius 1 is 1.44 bits per heavy atom. The molecule has 4 nitrogen and oxygen atoms in total. The minimum absolute atomic E-state index is 0.0718. The van der Waals surface area contributed by atoms with Crippen LogP contribution in [0.3, 0.4) is 0 Å². The van der Waals surface area contributed by atoms with Gasteiger partial charge >= 0.3 is 0 Å². The van der Waals surface area contributed by atoms with Gasteiger partial charge in [-0.05, 0) is 24.5 Å². The second kappa shape index (κ2) is 4.55. The van der Waals surface area contributed by atoms with Crippen LogP contribution in [0.2, 0.25) is 0 Å². The van der Waals surface area contributed by atoms with E-state index >= 15 is 0 Å². The number of rotatable bonds is 2. The summed E-state index contributed by atoms with van der Waals surface area (Å²) >= 11 is 2.98. The molecule has 0 fully saturated rings. The molecule has 0 unspecified atom stereocenters. The lowest BCUT2D eigenvalue weighted by Crippen LogP contribution is -1.80. The molecule has 6 heteroatoms. The van der Waals surface area contributed by atoms with Crippen molar-refractivity contribution in [1.82, 2.24) is 9.97 Å². The van der Waals surface area contributed by atoms with Crippen LogP contribution in [0, 0.1) is 0 Å². The molecule has 0 saturated heterocycles. The number of aromatic nitrogens is 2. The van der Waals surface area contributed by atoms with E-state index < -0.39 is 0 Å². The molecule has 0 atom stereocenters. The Balaban J connectivity index is 2.03. The van der Waals surface area contributed by atoms with E-state index in [1.807, 2.05) is 24.5 Å². The first-order valence-electron chi connectivity index (χ1n) is 5.23. The fraction of sp³-hybridized carbons (Fsp3) is 0.0833. The standard InChI is InChI=1S/C12H9N3OS2/c1-17-12-15-11(16)9(18-12)5-7-6-14-10-8(7)3-2-4-13-10/h2-6,16H,1H3/b7-5-. The highest BCUT2D eigenvalue weighted by atomic mass is 32.2. The lowest BCUT2D eigenvalue weighted by atomic mass is 10.1. The van der Waals surface area contributed by atoms with Gasteiger partial charge in [0.15, 0.2) is 10.2 Å². The molecule has 1 aliphatic rings. The predicted molar refractivity (Wildman–Crippen MR) is 75.8 cm³/mol. The maximum atomic E-state index is 9.75. The van der Waals surface area contributed by atoms with E-state index in [2.05, 4.69) is 15.0 Å². The van der Waals surface area contributed by atoms with E-state index in [1.54, 1.807) is 12.4 Å². The maximum Gasteiger partial charge on any atom is 0.230 e. The predicted octanol–water partition coefficient (Wildman–Crippen LogP) is 3.22. The molecule has 3 heterocycles. The molecule has 0 radical (unpaired) electrons. The lowest BCUT2D eigenvalue weighted by molar-refractivity contribution is 0.453. The van der Waals surface area contributed by atoms with Crippen LogP contribution in [0.25, 0.3) is 11.6 Å².